The largest absolute Gasteiger partial charge is 0.331 e. The smallest absolute Gasteiger partial charge is 0.289 e. The van der Waals surface area contributed by atoms with Crippen molar-refractivity contribution in [3.05, 3.63) is 116 Å². The number of fused-ring (bicyclic) bond motifs is 1. The average molecular weight is 409 g/mol. The molecule has 0 aliphatic rings. The Morgan fingerprint density at radius 2 is 1.55 bits per heavy atom. The van der Waals surface area contributed by atoms with Crippen molar-refractivity contribution in [2.45, 2.75) is 19.5 Å². The lowest BCUT2D eigenvalue weighted by Gasteiger charge is -2.15. The predicted octanol–water partition coefficient (Wildman–Crippen LogP) is 4.25. The minimum Gasteiger partial charge on any atom is -0.289 e. The molecule has 0 saturated carbocycles. The maximum atomic E-state index is 14.3. The Bertz CT molecular complexity index is 1280. The van der Waals surface area contributed by atoms with Crippen LogP contribution in [0.1, 0.15) is 11.1 Å². The van der Waals surface area contributed by atoms with E-state index in [2.05, 4.69) is 0 Å². The summed E-state index contributed by atoms with van der Waals surface area (Å²) in [6, 6.07) is 20.9. The second kappa shape index (κ2) is 8.05. The third kappa shape index (κ3) is 3.74. The molecule has 0 fully saturated rings. The summed E-state index contributed by atoms with van der Waals surface area (Å²) in [4.78, 5) is 26.2. The topological polar surface area (TPSA) is 44.0 Å². The van der Waals surface area contributed by atoms with Crippen LogP contribution in [0.25, 0.3) is 10.9 Å². The summed E-state index contributed by atoms with van der Waals surface area (Å²) >= 11 is 6.17. The highest BCUT2D eigenvalue weighted by molar-refractivity contribution is 6.31. The summed E-state index contributed by atoms with van der Waals surface area (Å²) in [5.41, 5.74) is 0.865. The second-order valence-electron chi connectivity index (χ2n) is 6.78. The molecule has 0 radical (unpaired) electrons. The van der Waals surface area contributed by atoms with Gasteiger partial charge >= 0.3 is 5.69 Å². The number of nitrogens with zero attached hydrogens (tertiary/aromatic N) is 2. The van der Waals surface area contributed by atoms with Crippen molar-refractivity contribution in [3.8, 4) is 0 Å². The fourth-order valence-electron chi connectivity index (χ4n) is 3.45. The fourth-order valence-corrected chi connectivity index (χ4v) is 3.67. The fraction of sp³-hybridized carbons (Fsp3) is 0.130. The molecule has 4 rings (SSSR count). The van der Waals surface area contributed by atoms with Crippen molar-refractivity contribution in [1.29, 1.82) is 0 Å². The summed E-state index contributed by atoms with van der Waals surface area (Å²) in [6.45, 7) is 0.175. The Labute approximate surface area is 171 Å². The van der Waals surface area contributed by atoms with Crippen molar-refractivity contribution in [2.75, 3.05) is 0 Å². The van der Waals surface area contributed by atoms with Crippen LogP contribution in [0.5, 0.6) is 0 Å². The Balaban J connectivity index is 1.85. The predicted molar refractivity (Wildman–Crippen MR) is 113 cm³/mol. The van der Waals surface area contributed by atoms with Gasteiger partial charge < -0.3 is 0 Å². The summed E-state index contributed by atoms with van der Waals surface area (Å²) in [6.07, 6.45) is 0.536. The van der Waals surface area contributed by atoms with Crippen molar-refractivity contribution in [2.24, 2.45) is 0 Å². The maximum Gasteiger partial charge on any atom is 0.331 e. The molecule has 0 saturated heterocycles. The van der Waals surface area contributed by atoms with Crippen molar-refractivity contribution in [1.82, 2.24) is 9.13 Å². The van der Waals surface area contributed by atoms with Crippen LogP contribution in [0.2, 0.25) is 5.02 Å². The van der Waals surface area contributed by atoms with Gasteiger partial charge in [0.05, 0.1) is 17.4 Å². The minimum absolute atomic E-state index is 0.0591. The Morgan fingerprint density at radius 1 is 0.828 bits per heavy atom. The number of hydrogen-bond acceptors (Lipinski definition) is 2. The van der Waals surface area contributed by atoms with Gasteiger partial charge in [-0.25, -0.2) is 9.18 Å². The van der Waals surface area contributed by atoms with Crippen LogP contribution in [0, 0.1) is 5.82 Å². The highest BCUT2D eigenvalue weighted by Crippen LogP contribution is 2.21. The molecule has 4 aromatic rings. The zero-order valence-electron chi connectivity index (χ0n) is 15.5. The van der Waals surface area contributed by atoms with E-state index in [0.29, 0.717) is 17.3 Å². The number of aromatic nitrogens is 2. The molecule has 3 aromatic carbocycles. The molecule has 146 valence electrons. The van der Waals surface area contributed by atoms with Gasteiger partial charge in [-0.2, -0.15) is 0 Å². The van der Waals surface area contributed by atoms with Crippen LogP contribution in [0.15, 0.2) is 82.4 Å². The van der Waals surface area contributed by atoms with Gasteiger partial charge in [0, 0.05) is 17.1 Å². The Morgan fingerprint density at radius 3 is 2.31 bits per heavy atom. The number of rotatable bonds is 5. The molecule has 6 heteroatoms. The number of hydrogen-bond donors (Lipinski definition) is 0. The van der Waals surface area contributed by atoms with E-state index in [1.807, 2.05) is 30.3 Å². The van der Waals surface area contributed by atoms with E-state index in [0.717, 1.165) is 5.56 Å². The molecular formula is C23H18ClFN2O2. The van der Waals surface area contributed by atoms with Crippen LogP contribution in [0.4, 0.5) is 4.39 Å². The summed E-state index contributed by atoms with van der Waals surface area (Å²) in [5.74, 6) is -0.490. The van der Waals surface area contributed by atoms with Crippen LogP contribution in [-0.4, -0.2) is 9.13 Å². The monoisotopic (exact) mass is 408 g/mol. The summed E-state index contributed by atoms with van der Waals surface area (Å²) in [5, 5.41) is 0.649. The lowest BCUT2D eigenvalue weighted by atomic mass is 10.1. The first-order valence-electron chi connectivity index (χ1n) is 9.25. The molecule has 0 bridgehead atoms. The van der Waals surface area contributed by atoms with Crippen LogP contribution in [-0.2, 0) is 19.5 Å². The summed E-state index contributed by atoms with van der Waals surface area (Å²) in [7, 11) is 0. The molecule has 0 aliphatic heterocycles. The van der Waals surface area contributed by atoms with E-state index in [-0.39, 0.29) is 29.2 Å². The molecule has 1 heterocycles. The second-order valence-corrected chi connectivity index (χ2v) is 7.19. The van der Waals surface area contributed by atoms with Gasteiger partial charge in [0.15, 0.2) is 0 Å². The SMILES string of the molecule is O=c1c2ccccc2n(Cc2c(F)cccc2Cl)c(=O)n1CCc1ccccc1. The first-order chi connectivity index (χ1) is 14.1. The molecule has 0 atom stereocenters. The number of para-hydroxylation sites is 1. The van der Waals surface area contributed by atoms with Crippen LogP contribution >= 0.6 is 11.6 Å². The number of aryl methyl sites for hydroxylation is 1. The lowest BCUT2D eigenvalue weighted by molar-refractivity contribution is 0.568. The van der Waals surface area contributed by atoms with Crippen molar-refractivity contribution >= 4 is 22.5 Å². The van der Waals surface area contributed by atoms with Gasteiger partial charge in [-0.15, -0.1) is 0 Å². The van der Waals surface area contributed by atoms with E-state index in [1.54, 1.807) is 30.3 Å². The van der Waals surface area contributed by atoms with Crippen molar-refractivity contribution in [3.63, 3.8) is 0 Å². The van der Waals surface area contributed by atoms with Crippen LogP contribution < -0.4 is 11.2 Å². The first-order valence-corrected chi connectivity index (χ1v) is 9.63. The molecule has 0 amide bonds. The van der Waals surface area contributed by atoms with Crippen molar-refractivity contribution < 1.29 is 4.39 Å². The van der Waals surface area contributed by atoms with Gasteiger partial charge in [-0.1, -0.05) is 60.1 Å². The van der Waals surface area contributed by atoms with E-state index in [1.165, 1.54) is 21.3 Å². The summed E-state index contributed by atoms with van der Waals surface area (Å²) < 4.78 is 17.0. The quantitative estimate of drug-likeness (QED) is 0.495. The maximum absolute atomic E-state index is 14.3. The lowest BCUT2D eigenvalue weighted by Crippen LogP contribution is -2.40. The first kappa shape index (κ1) is 19.2. The molecule has 0 unspecified atom stereocenters. The third-order valence-corrected chi connectivity index (χ3v) is 5.33. The molecular weight excluding hydrogens is 391 g/mol. The zero-order valence-corrected chi connectivity index (χ0v) is 16.3. The van der Waals surface area contributed by atoms with E-state index < -0.39 is 11.5 Å². The van der Waals surface area contributed by atoms with Gasteiger partial charge in [0.25, 0.3) is 5.56 Å². The zero-order chi connectivity index (χ0) is 20.4. The average Bonchev–Trinajstić information content (AvgIpc) is 2.73. The Kier molecular flexibility index (Phi) is 5.32. The molecule has 4 nitrogen and oxygen atoms in total. The van der Waals surface area contributed by atoms with Gasteiger partial charge in [-0.3, -0.25) is 13.9 Å². The van der Waals surface area contributed by atoms with Gasteiger partial charge in [0.2, 0.25) is 0 Å². The standard InChI is InChI=1S/C23H18ClFN2O2/c24-19-10-6-11-20(25)18(19)15-27-21-12-5-4-9-17(21)22(28)26(23(27)29)14-13-16-7-2-1-3-8-16/h1-12H,13-15H2. The van der Waals surface area contributed by atoms with Gasteiger partial charge in [-0.05, 0) is 36.2 Å². The molecule has 0 spiro atoms. The van der Waals surface area contributed by atoms with E-state index in [4.69, 9.17) is 11.6 Å². The molecule has 29 heavy (non-hydrogen) atoms. The highest BCUT2D eigenvalue weighted by atomic mass is 35.5. The number of benzene rings is 3. The molecule has 0 aliphatic carbocycles. The highest BCUT2D eigenvalue weighted by Gasteiger charge is 2.16. The molecule has 1 aromatic heterocycles. The van der Waals surface area contributed by atoms with E-state index in [9.17, 15) is 14.0 Å². The van der Waals surface area contributed by atoms with Crippen LogP contribution in [0.3, 0.4) is 0 Å². The third-order valence-electron chi connectivity index (χ3n) is 4.98. The van der Waals surface area contributed by atoms with E-state index >= 15 is 0 Å². The number of halogens is 2. The normalized spacial score (nSPS) is 11.1. The van der Waals surface area contributed by atoms with Gasteiger partial charge in [0.1, 0.15) is 5.82 Å². The Hall–Kier alpha value is -3.18. The minimum atomic E-state index is -0.490. The molecule has 0 N–H and O–H groups in total.